The van der Waals surface area contributed by atoms with Crippen LogP contribution in [0.3, 0.4) is 0 Å². The first kappa shape index (κ1) is 14.8. The van der Waals surface area contributed by atoms with E-state index in [-0.39, 0.29) is 0 Å². The molecule has 0 atom stereocenters. The lowest BCUT2D eigenvalue weighted by Crippen LogP contribution is -1.99. The predicted molar refractivity (Wildman–Crippen MR) is 84.5 cm³/mol. The highest BCUT2D eigenvalue weighted by atomic mass is 15.0. The van der Waals surface area contributed by atoms with Crippen LogP contribution < -0.4 is 5.73 Å². The average Bonchev–Trinajstić information content (AvgIpc) is 2.83. The van der Waals surface area contributed by atoms with Crippen molar-refractivity contribution >= 4 is 0 Å². The smallest absolute Gasteiger partial charge is 0.109 e. The van der Waals surface area contributed by atoms with E-state index < -0.39 is 0 Å². The number of nitrogens with one attached hydrogen (secondary N) is 1. The van der Waals surface area contributed by atoms with Crippen LogP contribution in [0.2, 0.25) is 0 Å². The lowest BCUT2D eigenvalue weighted by molar-refractivity contribution is 0.647. The lowest BCUT2D eigenvalue weighted by atomic mass is 10.0. The molecule has 0 radical (unpaired) electrons. The van der Waals surface area contributed by atoms with E-state index in [1.165, 1.54) is 5.56 Å². The number of hydrogen-bond donors (Lipinski definition) is 2. The maximum atomic E-state index is 5.83. The summed E-state index contributed by atoms with van der Waals surface area (Å²) in [6, 6.07) is 8.69. The van der Waals surface area contributed by atoms with Crippen LogP contribution >= 0.6 is 0 Å². The fourth-order valence-electron chi connectivity index (χ4n) is 2.36. The van der Waals surface area contributed by atoms with E-state index >= 15 is 0 Å². The van der Waals surface area contributed by atoms with Crippen molar-refractivity contribution in [3.05, 3.63) is 41.3 Å². The summed E-state index contributed by atoms with van der Waals surface area (Å²) in [7, 11) is 0. The molecule has 1 aromatic heterocycles. The number of nitrogens with two attached hydrogens (primary N) is 1. The van der Waals surface area contributed by atoms with Crippen molar-refractivity contribution in [2.75, 3.05) is 0 Å². The molecule has 1 aromatic carbocycles. The van der Waals surface area contributed by atoms with Gasteiger partial charge in [-0.25, -0.2) is 4.98 Å². The Morgan fingerprint density at radius 3 is 2.25 bits per heavy atom. The van der Waals surface area contributed by atoms with Gasteiger partial charge in [-0.15, -0.1) is 0 Å². The van der Waals surface area contributed by atoms with Gasteiger partial charge in [0.2, 0.25) is 0 Å². The molecule has 1 heterocycles. The van der Waals surface area contributed by atoms with E-state index in [4.69, 9.17) is 10.7 Å². The second-order valence-electron chi connectivity index (χ2n) is 6.10. The summed E-state index contributed by atoms with van der Waals surface area (Å²) >= 11 is 0. The molecule has 3 heteroatoms. The molecule has 0 saturated heterocycles. The number of rotatable bonds is 5. The zero-order valence-corrected chi connectivity index (χ0v) is 12.9. The second kappa shape index (κ2) is 6.23. The van der Waals surface area contributed by atoms with E-state index in [2.05, 4.69) is 56.9 Å². The Bertz CT molecular complexity index is 550. The highest BCUT2D eigenvalue weighted by molar-refractivity contribution is 5.62. The fraction of sp³-hybridized carbons (Fsp3) is 0.471. The average molecular weight is 271 g/mol. The topological polar surface area (TPSA) is 54.7 Å². The van der Waals surface area contributed by atoms with Gasteiger partial charge in [0.05, 0.1) is 11.4 Å². The third-order valence-corrected chi connectivity index (χ3v) is 3.42. The highest BCUT2D eigenvalue weighted by Crippen LogP contribution is 2.25. The van der Waals surface area contributed by atoms with Crippen LogP contribution in [0.1, 0.15) is 50.7 Å². The van der Waals surface area contributed by atoms with E-state index in [0.29, 0.717) is 18.4 Å². The van der Waals surface area contributed by atoms with Crippen molar-refractivity contribution in [2.45, 2.75) is 46.6 Å². The molecule has 3 N–H and O–H groups in total. The SMILES string of the molecule is CC(C)Cc1ccc(-c2nc(C(C)C)[nH]c2CN)cc1. The van der Waals surface area contributed by atoms with Crippen molar-refractivity contribution in [3.63, 3.8) is 0 Å². The van der Waals surface area contributed by atoms with Crippen molar-refractivity contribution in [1.29, 1.82) is 0 Å². The third kappa shape index (κ3) is 3.28. The number of nitrogens with zero attached hydrogens (tertiary/aromatic N) is 1. The summed E-state index contributed by atoms with van der Waals surface area (Å²) in [5, 5.41) is 0. The van der Waals surface area contributed by atoms with Crippen molar-refractivity contribution in [3.8, 4) is 11.3 Å². The molecule has 108 valence electrons. The van der Waals surface area contributed by atoms with Gasteiger partial charge in [-0.3, -0.25) is 0 Å². The van der Waals surface area contributed by atoms with Crippen molar-refractivity contribution in [2.24, 2.45) is 11.7 Å². The summed E-state index contributed by atoms with van der Waals surface area (Å²) in [6.07, 6.45) is 1.11. The molecule has 0 unspecified atom stereocenters. The summed E-state index contributed by atoms with van der Waals surface area (Å²) < 4.78 is 0. The van der Waals surface area contributed by atoms with Gasteiger partial charge < -0.3 is 10.7 Å². The zero-order valence-electron chi connectivity index (χ0n) is 12.9. The largest absolute Gasteiger partial charge is 0.344 e. The molecular weight excluding hydrogens is 246 g/mol. The van der Waals surface area contributed by atoms with Gasteiger partial charge in [0.1, 0.15) is 5.82 Å². The molecule has 0 aliphatic carbocycles. The Kier molecular flexibility index (Phi) is 4.61. The summed E-state index contributed by atoms with van der Waals surface area (Å²) in [6.45, 7) is 9.23. The van der Waals surface area contributed by atoms with Crippen LogP contribution in [0, 0.1) is 5.92 Å². The summed E-state index contributed by atoms with van der Waals surface area (Å²) in [5.74, 6) is 2.07. The number of hydrogen-bond acceptors (Lipinski definition) is 2. The lowest BCUT2D eigenvalue weighted by Gasteiger charge is -2.06. The van der Waals surface area contributed by atoms with Gasteiger partial charge in [0, 0.05) is 18.0 Å². The van der Waals surface area contributed by atoms with Crippen LogP contribution in [0.5, 0.6) is 0 Å². The number of aromatic amines is 1. The number of H-pyrrole nitrogens is 1. The van der Waals surface area contributed by atoms with Gasteiger partial charge in [0.25, 0.3) is 0 Å². The molecule has 0 aliphatic heterocycles. The van der Waals surface area contributed by atoms with Crippen LogP contribution in [0.25, 0.3) is 11.3 Å². The Morgan fingerprint density at radius 2 is 1.75 bits per heavy atom. The minimum Gasteiger partial charge on any atom is -0.344 e. The molecule has 2 rings (SSSR count). The maximum Gasteiger partial charge on any atom is 0.109 e. The highest BCUT2D eigenvalue weighted by Gasteiger charge is 2.13. The molecular formula is C17H25N3. The van der Waals surface area contributed by atoms with Crippen molar-refractivity contribution < 1.29 is 0 Å². The first-order chi connectivity index (χ1) is 9.51. The van der Waals surface area contributed by atoms with Gasteiger partial charge in [-0.1, -0.05) is 52.0 Å². The van der Waals surface area contributed by atoms with E-state index in [1.54, 1.807) is 0 Å². The van der Waals surface area contributed by atoms with Gasteiger partial charge in [-0.05, 0) is 17.9 Å². The molecule has 3 nitrogen and oxygen atoms in total. The van der Waals surface area contributed by atoms with Gasteiger partial charge in [-0.2, -0.15) is 0 Å². The minimum absolute atomic E-state index is 0.384. The molecule has 0 spiro atoms. The van der Waals surface area contributed by atoms with Crippen molar-refractivity contribution in [1.82, 2.24) is 9.97 Å². The number of benzene rings is 1. The van der Waals surface area contributed by atoms with Crippen LogP contribution in [0.4, 0.5) is 0 Å². The Hall–Kier alpha value is -1.61. The molecule has 0 bridgehead atoms. The normalized spacial score (nSPS) is 11.6. The standard InChI is InChI=1S/C17H25N3/c1-11(2)9-13-5-7-14(8-6-13)16-15(10-18)19-17(20-16)12(3)4/h5-8,11-12H,9-10,18H2,1-4H3,(H,19,20). The zero-order chi connectivity index (χ0) is 14.7. The number of imidazole rings is 1. The Balaban J connectivity index is 2.31. The third-order valence-electron chi connectivity index (χ3n) is 3.42. The summed E-state index contributed by atoms with van der Waals surface area (Å²) in [5.41, 5.74) is 10.4. The fourth-order valence-corrected chi connectivity index (χ4v) is 2.36. The quantitative estimate of drug-likeness (QED) is 0.867. The predicted octanol–water partition coefficient (Wildman–Crippen LogP) is 3.86. The minimum atomic E-state index is 0.384. The van der Waals surface area contributed by atoms with E-state index in [0.717, 1.165) is 29.2 Å². The number of aromatic nitrogens is 2. The van der Waals surface area contributed by atoms with Gasteiger partial charge in [0.15, 0.2) is 0 Å². The van der Waals surface area contributed by atoms with E-state index in [9.17, 15) is 0 Å². The van der Waals surface area contributed by atoms with E-state index in [1.807, 2.05) is 0 Å². The molecule has 2 aromatic rings. The molecule has 0 saturated carbocycles. The Labute approximate surface area is 121 Å². The molecule has 0 aliphatic rings. The van der Waals surface area contributed by atoms with Crippen LogP contribution in [0.15, 0.2) is 24.3 Å². The first-order valence-corrected chi connectivity index (χ1v) is 7.39. The monoisotopic (exact) mass is 271 g/mol. The Morgan fingerprint density at radius 1 is 1.10 bits per heavy atom. The maximum absolute atomic E-state index is 5.83. The van der Waals surface area contributed by atoms with Crippen LogP contribution in [-0.4, -0.2) is 9.97 Å². The molecule has 0 amide bonds. The van der Waals surface area contributed by atoms with Crippen LogP contribution in [-0.2, 0) is 13.0 Å². The molecule has 20 heavy (non-hydrogen) atoms. The van der Waals surface area contributed by atoms with Gasteiger partial charge >= 0.3 is 0 Å². The molecule has 0 fully saturated rings. The summed E-state index contributed by atoms with van der Waals surface area (Å²) in [4.78, 5) is 8.05. The first-order valence-electron chi connectivity index (χ1n) is 7.39. The second-order valence-corrected chi connectivity index (χ2v) is 6.10.